The second-order valence-corrected chi connectivity index (χ2v) is 11.2. The molecule has 5 aromatic rings. The van der Waals surface area contributed by atoms with Gasteiger partial charge in [-0.25, -0.2) is 13.1 Å². The zero-order chi connectivity index (χ0) is 29.1. The van der Waals surface area contributed by atoms with Gasteiger partial charge in [-0.15, -0.1) is 0 Å². The first-order valence-corrected chi connectivity index (χ1v) is 14.2. The zero-order valence-corrected chi connectivity index (χ0v) is 23.7. The number of rotatable bonds is 10. The molecule has 0 atom stereocenters. The summed E-state index contributed by atoms with van der Waals surface area (Å²) in [6.07, 6.45) is 3.21. The highest BCUT2D eigenvalue weighted by Crippen LogP contribution is 2.40. The highest BCUT2D eigenvalue weighted by Gasteiger charge is 2.22. The normalized spacial score (nSPS) is 11.4. The maximum absolute atomic E-state index is 13.5. The largest absolute Gasteiger partial charge is 0.496 e. The van der Waals surface area contributed by atoms with Crippen LogP contribution < -0.4 is 14.2 Å². The molecule has 0 aliphatic carbocycles. The average Bonchev–Trinajstić information content (AvgIpc) is 3.35. The van der Waals surface area contributed by atoms with Crippen molar-refractivity contribution in [2.45, 2.75) is 11.4 Å². The molecule has 8 nitrogen and oxygen atoms in total. The molecule has 208 valence electrons. The molecule has 41 heavy (non-hydrogen) atoms. The van der Waals surface area contributed by atoms with Gasteiger partial charge >= 0.3 is 0 Å². The van der Waals surface area contributed by atoms with Crippen LogP contribution in [0.2, 0.25) is 0 Å². The number of ether oxygens (including phenoxy) is 2. The van der Waals surface area contributed by atoms with Gasteiger partial charge in [0, 0.05) is 65.2 Å². The second-order valence-electron chi connectivity index (χ2n) is 9.42. The summed E-state index contributed by atoms with van der Waals surface area (Å²) < 4.78 is 41.5. The number of benzene rings is 3. The van der Waals surface area contributed by atoms with Crippen LogP contribution in [0, 0.1) is 0 Å². The molecule has 2 heterocycles. The summed E-state index contributed by atoms with van der Waals surface area (Å²) in [6.45, 7) is 4.19. The molecule has 0 saturated carbocycles. The lowest BCUT2D eigenvalue weighted by atomic mass is 9.94. The van der Waals surface area contributed by atoms with Crippen LogP contribution in [0.15, 0.2) is 103 Å². The van der Waals surface area contributed by atoms with Crippen molar-refractivity contribution in [2.24, 2.45) is 7.05 Å². The SMILES string of the molecule is C=C(C(=O)c1ccc(S(=O)(=O)NCc2cccnc2)cc1)c1cc(-c2cc3ccccc3n2C)c(OC)cc1OC. The number of nitrogens with zero attached hydrogens (tertiary/aromatic N) is 2. The number of aryl methyl sites for hydroxylation is 1. The van der Waals surface area contributed by atoms with Gasteiger partial charge in [0.15, 0.2) is 5.78 Å². The lowest BCUT2D eigenvalue weighted by Crippen LogP contribution is -2.23. The fourth-order valence-electron chi connectivity index (χ4n) is 4.73. The first kappa shape index (κ1) is 27.8. The molecule has 0 saturated heterocycles. The van der Waals surface area contributed by atoms with E-state index < -0.39 is 10.0 Å². The van der Waals surface area contributed by atoms with Crippen molar-refractivity contribution in [1.29, 1.82) is 0 Å². The Morgan fingerprint density at radius 1 is 0.951 bits per heavy atom. The van der Waals surface area contributed by atoms with Gasteiger partial charge in [-0.2, -0.15) is 0 Å². The van der Waals surface area contributed by atoms with Crippen LogP contribution in [-0.4, -0.2) is 38.0 Å². The molecule has 0 fully saturated rings. The predicted octanol–water partition coefficient (Wildman–Crippen LogP) is 5.63. The first-order valence-electron chi connectivity index (χ1n) is 12.8. The number of ketones is 1. The van der Waals surface area contributed by atoms with Crippen molar-refractivity contribution in [3.8, 4) is 22.8 Å². The van der Waals surface area contributed by atoms with Gasteiger partial charge in [-0.3, -0.25) is 9.78 Å². The van der Waals surface area contributed by atoms with E-state index in [0.717, 1.165) is 27.7 Å². The van der Waals surface area contributed by atoms with Crippen molar-refractivity contribution in [1.82, 2.24) is 14.3 Å². The van der Waals surface area contributed by atoms with Gasteiger partial charge in [0.25, 0.3) is 0 Å². The zero-order valence-electron chi connectivity index (χ0n) is 22.9. The highest BCUT2D eigenvalue weighted by atomic mass is 32.2. The van der Waals surface area contributed by atoms with Crippen molar-refractivity contribution in [3.05, 3.63) is 115 Å². The molecule has 0 aliphatic heterocycles. The molecule has 3 aromatic carbocycles. The lowest BCUT2D eigenvalue weighted by Gasteiger charge is -2.17. The van der Waals surface area contributed by atoms with Crippen molar-refractivity contribution >= 4 is 32.3 Å². The van der Waals surface area contributed by atoms with E-state index in [9.17, 15) is 13.2 Å². The van der Waals surface area contributed by atoms with Gasteiger partial charge in [0.2, 0.25) is 10.0 Å². The highest BCUT2D eigenvalue weighted by molar-refractivity contribution is 7.89. The standard InChI is InChI=1S/C32H29N3O5S/c1-21(32(36)23-11-13-25(14-12-23)41(37,38)34-20-22-8-7-15-33-19-22)26-17-27(31(40-4)18-30(26)39-3)29-16-24-9-5-6-10-28(24)35(29)2/h5-19,34H,1,20H2,2-4H3. The average molecular weight is 568 g/mol. The van der Waals surface area contributed by atoms with E-state index in [-0.39, 0.29) is 22.8 Å². The van der Waals surface area contributed by atoms with E-state index in [2.05, 4.69) is 26.9 Å². The van der Waals surface area contributed by atoms with Gasteiger partial charge in [-0.05, 0) is 54.1 Å². The predicted molar refractivity (Wildman–Crippen MR) is 160 cm³/mol. The minimum absolute atomic E-state index is 0.0450. The Morgan fingerprint density at radius 3 is 2.34 bits per heavy atom. The molecule has 0 radical (unpaired) electrons. The summed E-state index contributed by atoms with van der Waals surface area (Å²) >= 11 is 0. The van der Waals surface area contributed by atoms with E-state index in [1.54, 1.807) is 37.7 Å². The summed E-state index contributed by atoms with van der Waals surface area (Å²) in [5.74, 6) is 0.662. The molecule has 0 spiro atoms. The van der Waals surface area contributed by atoms with Crippen LogP contribution in [0.4, 0.5) is 0 Å². The van der Waals surface area contributed by atoms with Crippen LogP contribution in [0.5, 0.6) is 11.5 Å². The van der Waals surface area contributed by atoms with E-state index in [0.29, 0.717) is 22.6 Å². The van der Waals surface area contributed by atoms with Gasteiger partial charge < -0.3 is 14.0 Å². The minimum Gasteiger partial charge on any atom is -0.496 e. The van der Waals surface area contributed by atoms with Gasteiger partial charge in [0.1, 0.15) is 11.5 Å². The lowest BCUT2D eigenvalue weighted by molar-refractivity contribution is 0.105. The fourth-order valence-corrected chi connectivity index (χ4v) is 5.75. The Balaban J connectivity index is 1.44. The molecule has 0 amide bonds. The smallest absolute Gasteiger partial charge is 0.240 e. The van der Waals surface area contributed by atoms with Crippen molar-refractivity contribution in [2.75, 3.05) is 14.2 Å². The molecule has 0 aliphatic rings. The number of pyridine rings is 1. The Bertz CT molecular complexity index is 1860. The number of Topliss-reactive ketones (excluding diaryl/α,β-unsaturated/α-hetero) is 1. The van der Waals surface area contributed by atoms with E-state index in [1.807, 2.05) is 37.4 Å². The number of hydrogen-bond donors (Lipinski definition) is 1. The molecule has 1 N–H and O–H groups in total. The number of carbonyl (C=O) groups is 1. The number of nitrogens with one attached hydrogen (secondary N) is 1. The molecule has 5 rings (SSSR count). The number of aromatic nitrogens is 2. The summed E-state index contributed by atoms with van der Waals surface area (Å²) in [5.41, 5.74) is 4.48. The molecular formula is C32H29N3O5S. The topological polar surface area (TPSA) is 99.5 Å². The summed E-state index contributed by atoms with van der Waals surface area (Å²) in [6, 6.07) is 23.0. The number of allylic oxidation sites excluding steroid dienone is 1. The quantitative estimate of drug-likeness (QED) is 0.173. The molecule has 0 bridgehead atoms. The van der Waals surface area contributed by atoms with Crippen LogP contribution in [0.3, 0.4) is 0 Å². The fraction of sp³-hybridized carbons (Fsp3) is 0.125. The first-order chi connectivity index (χ1) is 19.7. The Morgan fingerprint density at radius 2 is 1.68 bits per heavy atom. The molecule has 9 heteroatoms. The second kappa shape index (κ2) is 11.4. The summed E-state index contributed by atoms with van der Waals surface area (Å²) in [5, 5.41) is 1.07. The number of para-hydroxylation sites is 1. The number of sulfonamides is 1. The Kier molecular flexibility index (Phi) is 7.74. The van der Waals surface area contributed by atoms with E-state index in [1.165, 1.54) is 31.4 Å². The summed E-state index contributed by atoms with van der Waals surface area (Å²) in [4.78, 5) is 17.6. The monoisotopic (exact) mass is 567 g/mol. The summed E-state index contributed by atoms with van der Waals surface area (Å²) in [7, 11) is 1.29. The maximum Gasteiger partial charge on any atom is 0.240 e. The number of carbonyl (C=O) groups excluding carboxylic acids is 1. The van der Waals surface area contributed by atoms with E-state index in [4.69, 9.17) is 9.47 Å². The van der Waals surface area contributed by atoms with Crippen LogP contribution >= 0.6 is 0 Å². The third-order valence-corrected chi connectivity index (χ3v) is 8.38. The minimum atomic E-state index is -3.79. The van der Waals surface area contributed by atoms with Gasteiger partial charge in [0.05, 0.1) is 24.8 Å². The van der Waals surface area contributed by atoms with Crippen LogP contribution in [0.25, 0.3) is 27.7 Å². The maximum atomic E-state index is 13.5. The third-order valence-electron chi connectivity index (χ3n) is 6.96. The van der Waals surface area contributed by atoms with Gasteiger partial charge in [-0.1, -0.05) is 30.8 Å². The number of fused-ring (bicyclic) bond motifs is 1. The Labute approximate surface area is 238 Å². The third kappa shape index (κ3) is 5.50. The number of hydrogen-bond acceptors (Lipinski definition) is 6. The van der Waals surface area contributed by atoms with Crippen LogP contribution in [0.1, 0.15) is 21.5 Å². The Hall–Kier alpha value is -4.73. The molecule has 0 unspecified atom stereocenters. The van der Waals surface area contributed by atoms with Crippen molar-refractivity contribution in [3.63, 3.8) is 0 Å². The van der Waals surface area contributed by atoms with Crippen LogP contribution in [-0.2, 0) is 23.6 Å². The molecular weight excluding hydrogens is 538 g/mol. The number of methoxy groups -OCH3 is 2. The molecule has 2 aromatic heterocycles. The van der Waals surface area contributed by atoms with E-state index >= 15 is 0 Å². The van der Waals surface area contributed by atoms with Crippen molar-refractivity contribution < 1.29 is 22.7 Å².